The molecule has 4 nitrogen and oxygen atoms in total. The predicted molar refractivity (Wildman–Crippen MR) is 82.5 cm³/mol. The third-order valence-electron chi connectivity index (χ3n) is 3.83. The molecule has 0 radical (unpaired) electrons. The molecular formula is C17H22N2O2. The van der Waals surface area contributed by atoms with E-state index in [4.69, 9.17) is 0 Å². The zero-order valence-electron chi connectivity index (χ0n) is 13.0. The Morgan fingerprint density at radius 2 is 1.86 bits per heavy atom. The second-order valence-electron chi connectivity index (χ2n) is 6.11. The van der Waals surface area contributed by atoms with Gasteiger partial charge in [-0.05, 0) is 33.3 Å². The first-order chi connectivity index (χ1) is 9.84. The lowest BCUT2D eigenvalue weighted by molar-refractivity contribution is -0.154. The maximum atomic E-state index is 12.8. The highest BCUT2D eigenvalue weighted by Crippen LogP contribution is 2.28. The number of amides is 2. The summed E-state index contributed by atoms with van der Waals surface area (Å²) in [6, 6.07) is 8.76. The number of piperazine rings is 1. The third-order valence-corrected chi connectivity index (χ3v) is 3.83. The SMILES string of the molecule is CC(C)=CCN1C(=O)C(c2ccccc2)NC(=O)C1(C)C. The summed E-state index contributed by atoms with van der Waals surface area (Å²) in [5, 5.41) is 2.84. The highest BCUT2D eigenvalue weighted by Gasteiger charge is 2.46. The molecule has 0 aromatic heterocycles. The van der Waals surface area contributed by atoms with Crippen LogP contribution in [0.15, 0.2) is 42.0 Å². The molecular weight excluding hydrogens is 264 g/mol. The largest absolute Gasteiger partial charge is 0.338 e. The molecule has 1 saturated heterocycles. The molecule has 2 amide bonds. The van der Waals surface area contributed by atoms with Crippen molar-refractivity contribution in [2.24, 2.45) is 0 Å². The normalized spacial score (nSPS) is 21.0. The van der Waals surface area contributed by atoms with Crippen LogP contribution in [0.25, 0.3) is 0 Å². The molecule has 112 valence electrons. The van der Waals surface area contributed by atoms with Crippen molar-refractivity contribution in [2.45, 2.75) is 39.3 Å². The molecule has 2 rings (SSSR count). The predicted octanol–water partition coefficient (Wildman–Crippen LogP) is 2.43. The summed E-state index contributed by atoms with van der Waals surface area (Å²) in [4.78, 5) is 26.8. The minimum atomic E-state index is -0.839. The number of nitrogens with one attached hydrogen (secondary N) is 1. The van der Waals surface area contributed by atoms with E-state index in [1.807, 2.05) is 50.3 Å². The quantitative estimate of drug-likeness (QED) is 0.868. The summed E-state index contributed by atoms with van der Waals surface area (Å²) in [6.45, 7) is 7.97. The van der Waals surface area contributed by atoms with Crippen molar-refractivity contribution in [1.82, 2.24) is 10.2 Å². The van der Waals surface area contributed by atoms with Gasteiger partial charge in [-0.25, -0.2) is 0 Å². The van der Waals surface area contributed by atoms with Crippen LogP contribution in [0, 0.1) is 0 Å². The molecule has 0 bridgehead atoms. The summed E-state index contributed by atoms with van der Waals surface area (Å²) in [5.41, 5.74) is 1.10. The Balaban J connectivity index is 2.34. The number of benzene rings is 1. The lowest BCUT2D eigenvalue weighted by Gasteiger charge is -2.44. The molecule has 1 aliphatic rings. The number of nitrogens with zero attached hydrogens (tertiary/aromatic N) is 1. The maximum Gasteiger partial charge on any atom is 0.250 e. The molecule has 1 aliphatic heterocycles. The van der Waals surface area contributed by atoms with Gasteiger partial charge in [0.25, 0.3) is 5.91 Å². The number of carbonyl (C=O) groups is 2. The molecule has 1 aromatic rings. The van der Waals surface area contributed by atoms with Gasteiger partial charge < -0.3 is 10.2 Å². The topological polar surface area (TPSA) is 49.4 Å². The van der Waals surface area contributed by atoms with Gasteiger partial charge in [-0.1, -0.05) is 42.0 Å². The van der Waals surface area contributed by atoms with E-state index in [1.165, 1.54) is 0 Å². The molecule has 21 heavy (non-hydrogen) atoms. The van der Waals surface area contributed by atoms with Crippen LogP contribution in [0.5, 0.6) is 0 Å². The molecule has 1 unspecified atom stereocenters. The van der Waals surface area contributed by atoms with Crippen molar-refractivity contribution >= 4 is 11.8 Å². The number of hydrogen-bond donors (Lipinski definition) is 1. The highest BCUT2D eigenvalue weighted by atomic mass is 16.2. The first kappa shape index (κ1) is 15.3. The fraction of sp³-hybridized carbons (Fsp3) is 0.412. The van der Waals surface area contributed by atoms with Crippen LogP contribution in [0.1, 0.15) is 39.3 Å². The van der Waals surface area contributed by atoms with Crippen molar-refractivity contribution in [3.05, 3.63) is 47.5 Å². The van der Waals surface area contributed by atoms with E-state index in [9.17, 15) is 9.59 Å². The lowest BCUT2D eigenvalue weighted by Crippen LogP contribution is -2.65. The van der Waals surface area contributed by atoms with Crippen LogP contribution in [0.4, 0.5) is 0 Å². The fourth-order valence-corrected chi connectivity index (χ4v) is 2.39. The van der Waals surface area contributed by atoms with E-state index in [0.717, 1.165) is 11.1 Å². The third kappa shape index (κ3) is 2.99. The van der Waals surface area contributed by atoms with Crippen LogP contribution < -0.4 is 5.32 Å². The summed E-state index contributed by atoms with van der Waals surface area (Å²) in [7, 11) is 0. The van der Waals surface area contributed by atoms with Gasteiger partial charge in [0.15, 0.2) is 0 Å². The van der Waals surface area contributed by atoms with Crippen molar-refractivity contribution in [3.8, 4) is 0 Å². The van der Waals surface area contributed by atoms with Gasteiger partial charge in [0, 0.05) is 6.54 Å². The zero-order valence-corrected chi connectivity index (χ0v) is 13.0. The Bertz CT molecular complexity index is 572. The molecule has 1 heterocycles. The summed E-state index contributed by atoms with van der Waals surface area (Å²) < 4.78 is 0. The summed E-state index contributed by atoms with van der Waals surface area (Å²) in [5.74, 6) is -0.193. The summed E-state index contributed by atoms with van der Waals surface area (Å²) in [6.07, 6.45) is 1.97. The van der Waals surface area contributed by atoms with Crippen LogP contribution in [-0.4, -0.2) is 28.8 Å². The van der Waals surface area contributed by atoms with Gasteiger partial charge in [-0.2, -0.15) is 0 Å². The standard InChI is InChI=1S/C17H22N2O2/c1-12(2)10-11-19-15(20)14(13-8-6-5-7-9-13)18-16(21)17(19,3)4/h5-10,14H,11H2,1-4H3,(H,18,21). The van der Waals surface area contributed by atoms with E-state index >= 15 is 0 Å². The second kappa shape index (κ2) is 5.72. The molecule has 4 heteroatoms. The Morgan fingerprint density at radius 1 is 1.24 bits per heavy atom. The smallest absolute Gasteiger partial charge is 0.250 e. The first-order valence-corrected chi connectivity index (χ1v) is 7.15. The van der Waals surface area contributed by atoms with Crippen molar-refractivity contribution in [1.29, 1.82) is 0 Å². The van der Waals surface area contributed by atoms with E-state index in [-0.39, 0.29) is 11.8 Å². The fourth-order valence-electron chi connectivity index (χ4n) is 2.39. The van der Waals surface area contributed by atoms with E-state index in [1.54, 1.807) is 18.7 Å². The van der Waals surface area contributed by atoms with Gasteiger partial charge in [0.05, 0.1) is 0 Å². The van der Waals surface area contributed by atoms with Crippen LogP contribution in [-0.2, 0) is 9.59 Å². The minimum absolute atomic E-state index is 0.0664. The minimum Gasteiger partial charge on any atom is -0.338 e. The molecule has 1 aromatic carbocycles. The molecule has 1 N–H and O–H groups in total. The van der Waals surface area contributed by atoms with Crippen molar-refractivity contribution in [2.75, 3.05) is 6.54 Å². The Labute approximate surface area is 125 Å². The van der Waals surface area contributed by atoms with Gasteiger partial charge >= 0.3 is 0 Å². The molecule has 1 fully saturated rings. The zero-order chi connectivity index (χ0) is 15.6. The van der Waals surface area contributed by atoms with E-state index in [2.05, 4.69) is 5.32 Å². The van der Waals surface area contributed by atoms with E-state index in [0.29, 0.717) is 6.54 Å². The number of rotatable bonds is 3. The van der Waals surface area contributed by atoms with E-state index < -0.39 is 11.6 Å². The number of allylic oxidation sites excluding steroid dienone is 1. The Hall–Kier alpha value is -2.10. The monoisotopic (exact) mass is 286 g/mol. The molecule has 0 aliphatic carbocycles. The summed E-state index contributed by atoms with van der Waals surface area (Å²) >= 11 is 0. The van der Waals surface area contributed by atoms with Crippen molar-refractivity contribution < 1.29 is 9.59 Å². The second-order valence-corrected chi connectivity index (χ2v) is 6.11. The number of hydrogen-bond acceptors (Lipinski definition) is 2. The van der Waals surface area contributed by atoms with Crippen molar-refractivity contribution in [3.63, 3.8) is 0 Å². The van der Waals surface area contributed by atoms with Crippen LogP contribution in [0.2, 0.25) is 0 Å². The lowest BCUT2D eigenvalue weighted by atomic mass is 9.92. The average Bonchev–Trinajstić information content (AvgIpc) is 2.43. The maximum absolute atomic E-state index is 12.8. The molecule has 1 atom stereocenters. The number of carbonyl (C=O) groups excluding carboxylic acids is 2. The van der Waals surface area contributed by atoms with Crippen LogP contribution in [0.3, 0.4) is 0 Å². The van der Waals surface area contributed by atoms with Gasteiger partial charge in [0.1, 0.15) is 11.6 Å². The molecule has 0 spiro atoms. The van der Waals surface area contributed by atoms with Gasteiger partial charge in [0.2, 0.25) is 5.91 Å². The Morgan fingerprint density at radius 3 is 2.43 bits per heavy atom. The molecule has 0 saturated carbocycles. The average molecular weight is 286 g/mol. The highest BCUT2D eigenvalue weighted by molar-refractivity contribution is 5.99. The van der Waals surface area contributed by atoms with Gasteiger partial charge in [-0.15, -0.1) is 0 Å². The van der Waals surface area contributed by atoms with Crippen LogP contribution >= 0.6 is 0 Å². The first-order valence-electron chi connectivity index (χ1n) is 7.15. The van der Waals surface area contributed by atoms with Gasteiger partial charge in [-0.3, -0.25) is 9.59 Å². The Kier molecular flexibility index (Phi) is 4.16.